The number of likely N-dealkylation sites (tertiary alicyclic amines) is 1. The van der Waals surface area contributed by atoms with Gasteiger partial charge in [-0.1, -0.05) is 35.9 Å². The van der Waals surface area contributed by atoms with E-state index in [1.165, 1.54) is 0 Å². The van der Waals surface area contributed by atoms with Gasteiger partial charge < -0.3 is 19.7 Å². The first-order valence-corrected chi connectivity index (χ1v) is 10.1. The first-order chi connectivity index (χ1) is 13.7. The topological polar surface area (TPSA) is 50.8 Å². The molecule has 1 amide bonds. The zero-order chi connectivity index (χ0) is 19.8. The number of carbonyl (C=O) groups is 1. The van der Waals surface area contributed by atoms with Gasteiger partial charge in [-0.2, -0.15) is 0 Å². The molecule has 29 heavy (non-hydrogen) atoms. The van der Waals surface area contributed by atoms with Crippen LogP contribution >= 0.6 is 24.0 Å². The lowest BCUT2D eigenvalue weighted by Gasteiger charge is -2.15. The Bertz CT molecular complexity index is 801. The number of hydrogen-bond acceptors (Lipinski definition) is 4. The Balaban J connectivity index is 0.00000300. The molecule has 158 valence electrons. The maximum absolute atomic E-state index is 11.6. The molecular formula is C22H28Cl2N2O3. The average molecular weight is 439 g/mol. The minimum Gasteiger partial charge on any atom is -0.493 e. The summed E-state index contributed by atoms with van der Waals surface area (Å²) < 4.78 is 11.4. The summed E-state index contributed by atoms with van der Waals surface area (Å²) in [4.78, 5) is 13.6. The summed E-state index contributed by atoms with van der Waals surface area (Å²) in [6.45, 7) is 3.75. The fourth-order valence-electron chi connectivity index (χ4n) is 3.28. The van der Waals surface area contributed by atoms with E-state index in [1.54, 1.807) is 7.11 Å². The van der Waals surface area contributed by atoms with E-state index in [1.807, 2.05) is 47.4 Å². The van der Waals surface area contributed by atoms with Gasteiger partial charge in [-0.3, -0.25) is 4.79 Å². The Morgan fingerprint density at radius 1 is 1.17 bits per heavy atom. The second-order valence-corrected chi connectivity index (χ2v) is 7.29. The number of methoxy groups -OCH3 is 1. The highest BCUT2D eigenvalue weighted by Gasteiger charge is 2.18. The van der Waals surface area contributed by atoms with Crippen molar-refractivity contribution in [2.75, 3.05) is 26.7 Å². The van der Waals surface area contributed by atoms with Crippen molar-refractivity contribution < 1.29 is 14.3 Å². The average Bonchev–Trinajstić information content (AvgIpc) is 3.12. The van der Waals surface area contributed by atoms with Crippen molar-refractivity contribution in [2.45, 2.75) is 32.4 Å². The molecule has 1 fully saturated rings. The van der Waals surface area contributed by atoms with Crippen LogP contribution in [0.25, 0.3) is 0 Å². The molecule has 0 radical (unpaired) electrons. The predicted molar refractivity (Wildman–Crippen MR) is 118 cm³/mol. The highest BCUT2D eigenvalue weighted by Crippen LogP contribution is 2.29. The molecule has 0 spiro atoms. The van der Waals surface area contributed by atoms with Crippen molar-refractivity contribution in [3.8, 4) is 11.5 Å². The van der Waals surface area contributed by atoms with E-state index >= 15 is 0 Å². The third kappa shape index (κ3) is 6.81. The molecule has 1 saturated heterocycles. The van der Waals surface area contributed by atoms with Crippen LogP contribution in [0.15, 0.2) is 42.5 Å². The van der Waals surface area contributed by atoms with E-state index in [-0.39, 0.29) is 18.3 Å². The van der Waals surface area contributed by atoms with Gasteiger partial charge in [0.1, 0.15) is 6.61 Å². The Morgan fingerprint density at radius 2 is 2.00 bits per heavy atom. The second-order valence-electron chi connectivity index (χ2n) is 6.88. The molecule has 2 aromatic rings. The minimum atomic E-state index is 0. The van der Waals surface area contributed by atoms with Crippen molar-refractivity contribution in [3.05, 3.63) is 58.6 Å². The van der Waals surface area contributed by atoms with Crippen molar-refractivity contribution in [3.63, 3.8) is 0 Å². The first-order valence-electron chi connectivity index (χ1n) is 9.69. The number of hydrogen-bond donors (Lipinski definition) is 1. The van der Waals surface area contributed by atoms with Gasteiger partial charge in [0.2, 0.25) is 5.91 Å². The lowest BCUT2D eigenvalue weighted by atomic mass is 10.2. The maximum atomic E-state index is 11.6. The Morgan fingerprint density at radius 3 is 2.72 bits per heavy atom. The summed E-state index contributed by atoms with van der Waals surface area (Å²) in [5, 5.41) is 4.12. The summed E-state index contributed by atoms with van der Waals surface area (Å²) in [7, 11) is 1.64. The van der Waals surface area contributed by atoms with Crippen LogP contribution in [0, 0.1) is 0 Å². The number of amides is 1. The number of halogens is 2. The second kappa shape index (κ2) is 11.9. The lowest BCUT2D eigenvalue weighted by Crippen LogP contribution is -2.28. The van der Waals surface area contributed by atoms with Crippen LogP contribution in [0.2, 0.25) is 5.02 Å². The van der Waals surface area contributed by atoms with Crippen LogP contribution < -0.4 is 14.8 Å². The third-order valence-corrected chi connectivity index (χ3v) is 5.22. The van der Waals surface area contributed by atoms with Crippen LogP contribution in [-0.4, -0.2) is 37.6 Å². The fraction of sp³-hybridized carbons (Fsp3) is 0.409. The quantitative estimate of drug-likeness (QED) is 0.556. The molecule has 0 bridgehead atoms. The third-order valence-electron chi connectivity index (χ3n) is 4.85. The maximum Gasteiger partial charge on any atom is 0.222 e. The largest absolute Gasteiger partial charge is 0.493 e. The Labute approximate surface area is 183 Å². The number of carbonyl (C=O) groups excluding carboxylic acids is 1. The predicted octanol–water partition coefficient (Wildman–Crippen LogP) is 4.45. The number of rotatable bonds is 10. The molecule has 7 heteroatoms. The standard InChI is InChI=1S/C22H27ClN2O3.ClH/c1-27-21-14-17(15-24-11-5-13-25-12-4-8-22(25)26)9-10-20(21)28-16-18-6-2-3-7-19(18)23;/h2-3,6-7,9-10,14,24H,4-5,8,11-13,15-16H2,1H3;1H. The van der Waals surface area contributed by atoms with Crippen LogP contribution in [-0.2, 0) is 17.9 Å². The molecule has 2 aromatic carbocycles. The first kappa shape index (κ1) is 23.3. The molecule has 0 aliphatic carbocycles. The van der Waals surface area contributed by atoms with Gasteiger partial charge in [-0.15, -0.1) is 12.4 Å². The van der Waals surface area contributed by atoms with Crippen molar-refractivity contribution in [1.82, 2.24) is 10.2 Å². The van der Waals surface area contributed by atoms with Gasteiger partial charge in [0.05, 0.1) is 7.11 Å². The number of nitrogens with zero attached hydrogens (tertiary/aromatic N) is 1. The van der Waals surface area contributed by atoms with E-state index in [9.17, 15) is 4.79 Å². The van der Waals surface area contributed by atoms with E-state index in [0.29, 0.717) is 29.5 Å². The number of nitrogens with one attached hydrogen (secondary N) is 1. The molecule has 1 heterocycles. The fourth-order valence-corrected chi connectivity index (χ4v) is 3.47. The van der Waals surface area contributed by atoms with Crippen molar-refractivity contribution in [2.24, 2.45) is 0 Å². The molecule has 0 aromatic heterocycles. The number of benzene rings is 2. The van der Waals surface area contributed by atoms with Gasteiger partial charge in [0.25, 0.3) is 0 Å². The van der Waals surface area contributed by atoms with Crippen LogP contribution in [0.4, 0.5) is 0 Å². The SMILES string of the molecule is COc1cc(CNCCCN2CCCC2=O)ccc1OCc1ccccc1Cl.Cl. The van der Waals surface area contributed by atoms with Gasteiger partial charge in [-0.25, -0.2) is 0 Å². The molecule has 1 aliphatic rings. The van der Waals surface area contributed by atoms with Gasteiger partial charge >= 0.3 is 0 Å². The van der Waals surface area contributed by atoms with Crippen LogP contribution in [0.1, 0.15) is 30.4 Å². The summed E-state index contributed by atoms with van der Waals surface area (Å²) in [6.07, 6.45) is 2.66. The molecule has 3 rings (SSSR count). The zero-order valence-corrected chi connectivity index (χ0v) is 18.2. The summed E-state index contributed by atoms with van der Waals surface area (Å²) in [5.74, 6) is 1.69. The van der Waals surface area contributed by atoms with Gasteiger partial charge in [0.15, 0.2) is 11.5 Å². The zero-order valence-electron chi connectivity index (χ0n) is 16.7. The molecule has 5 nitrogen and oxygen atoms in total. The monoisotopic (exact) mass is 438 g/mol. The van der Waals surface area contributed by atoms with Gasteiger partial charge in [-0.05, 0) is 43.1 Å². The Hall–Kier alpha value is -1.95. The van der Waals surface area contributed by atoms with E-state index in [2.05, 4.69) is 5.32 Å². The summed E-state index contributed by atoms with van der Waals surface area (Å²) in [6, 6.07) is 13.6. The van der Waals surface area contributed by atoms with Crippen molar-refractivity contribution in [1.29, 1.82) is 0 Å². The molecule has 0 saturated carbocycles. The van der Waals surface area contributed by atoms with E-state index in [0.717, 1.165) is 50.1 Å². The van der Waals surface area contributed by atoms with Crippen molar-refractivity contribution >= 4 is 29.9 Å². The minimum absolute atomic E-state index is 0. The Kier molecular flexibility index (Phi) is 9.58. The normalized spacial score (nSPS) is 13.3. The highest BCUT2D eigenvalue weighted by atomic mass is 35.5. The van der Waals surface area contributed by atoms with Gasteiger partial charge in [0, 0.05) is 36.6 Å². The number of ether oxygens (including phenoxy) is 2. The molecule has 1 N–H and O–H groups in total. The van der Waals surface area contributed by atoms with Crippen LogP contribution in [0.5, 0.6) is 11.5 Å². The molecular weight excluding hydrogens is 411 g/mol. The molecule has 0 atom stereocenters. The lowest BCUT2D eigenvalue weighted by molar-refractivity contribution is -0.127. The smallest absolute Gasteiger partial charge is 0.222 e. The summed E-state index contributed by atoms with van der Waals surface area (Å²) in [5.41, 5.74) is 2.06. The van der Waals surface area contributed by atoms with E-state index in [4.69, 9.17) is 21.1 Å². The molecule has 0 unspecified atom stereocenters. The van der Waals surface area contributed by atoms with Crippen LogP contribution in [0.3, 0.4) is 0 Å². The highest BCUT2D eigenvalue weighted by molar-refractivity contribution is 6.31. The molecule has 1 aliphatic heterocycles. The van der Waals surface area contributed by atoms with E-state index < -0.39 is 0 Å². The summed E-state index contributed by atoms with van der Waals surface area (Å²) >= 11 is 6.18.